The van der Waals surface area contributed by atoms with Crippen LogP contribution in [0.3, 0.4) is 0 Å². The van der Waals surface area contributed by atoms with Gasteiger partial charge < -0.3 is 10.4 Å². The number of nitrogens with one attached hydrogen (secondary N) is 1. The molecule has 5 nitrogen and oxygen atoms in total. The standard InChI is InChI=1S/C9H10N2O3S/c1-3-4-6(12)10-8-7(9(13)14)5(2)11-15-8/h3-4H,1-2H3,(H,10,12)(H,13,14)/b4-3+. The highest BCUT2D eigenvalue weighted by Crippen LogP contribution is 2.24. The summed E-state index contributed by atoms with van der Waals surface area (Å²) in [5.74, 6) is -1.44. The third-order valence-electron chi connectivity index (χ3n) is 1.63. The van der Waals surface area contributed by atoms with E-state index in [0.717, 1.165) is 11.5 Å². The smallest absolute Gasteiger partial charge is 0.340 e. The van der Waals surface area contributed by atoms with Crippen molar-refractivity contribution in [3.05, 3.63) is 23.4 Å². The SMILES string of the molecule is C/C=C/C(=O)Nc1snc(C)c1C(=O)O. The Morgan fingerprint density at radius 1 is 1.53 bits per heavy atom. The van der Waals surface area contributed by atoms with Crippen LogP contribution in [0.15, 0.2) is 12.2 Å². The highest BCUT2D eigenvalue weighted by Gasteiger charge is 2.18. The summed E-state index contributed by atoms with van der Waals surface area (Å²) >= 11 is 0.962. The van der Waals surface area contributed by atoms with Crippen molar-refractivity contribution in [3.63, 3.8) is 0 Å². The summed E-state index contributed by atoms with van der Waals surface area (Å²) in [7, 11) is 0. The van der Waals surface area contributed by atoms with Gasteiger partial charge in [-0.3, -0.25) is 4.79 Å². The van der Waals surface area contributed by atoms with Gasteiger partial charge in [0.05, 0.1) is 5.69 Å². The number of aromatic nitrogens is 1. The molecule has 0 aliphatic rings. The Hall–Kier alpha value is -1.69. The Bertz CT molecular complexity index is 423. The van der Waals surface area contributed by atoms with Crippen molar-refractivity contribution < 1.29 is 14.7 Å². The average molecular weight is 226 g/mol. The van der Waals surface area contributed by atoms with Gasteiger partial charge in [0.2, 0.25) is 5.91 Å². The number of rotatable bonds is 3. The van der Waals surface area contributed by atoms with Gasteiger partial charge in [-0.2, -0.15) is 4.37 Å². The molecule has 1 aromatic heterocycles. The fraction of sp³-hybridized carbons (Fsp3) is 0.222. The number of aromatic carboxylic acids is 1. The molecule has 0 fully saturated rings. The summed E-state index contributed by atoms with van der Waals surface area (Å²) in [6.45, 7) is 3.29. The van der Waals surface area contributed by atoms with E-state index >= 15 is 0 Å². The second-order valence-corrected chi connectivity index (χ2v) is 3.54. The molecule has 0 spiro atoms. The molecule has 2 N–H and O–H groups in total. The van der Waals surface area contributed by atoms with E-state index in [1.165, 1.54) is 6.08 Å². The molecule has 0 saturated heterocycles. The Kier molecular flexibility index (Phi) is 3.56. The fourth-order valence-corrected chi connectivity index (χ4v) is 1.80. The van der Waals surface area contributed by atoms with Crippen LogP contribution in [-0.2, 0) is 4.79 Å². The van der Waals surface area contributed by atoms with Crippen LogP contribution in [0.4, 0.5) is 5.00 Å². The lowest BCUT2D eigenvalue weighted by Gasteiger charge is -1.99. The summed E-state index contributed by atoms with van der Waals surface area (Å²) in [5, 5.41) is 11.6. The van der Waals surface area contributed by atoms with Crippen molar-refractivity contribution in [2.24, 2.45) is 0 Å². The number of carboxylic acid groups (broad SMARTS) is 1. The molecule has 0 radical (unpaired) electrons. The van der Waals surface area contributed by atoms with Gasteiger partial charge in [0.25, 0.3) is 0 Å². The first-order valence-electron chi connectivity index (χ1n) is 4.19. The maximum absolute atomic E-state index is 11.2. The number of carbonyl (C=O) groups is 2. The molecular weight excluding hydrogens is 216 g/mol. The van der Waals surface area contributed by atoms with Crippen molar-refractivity contribution >= 4 is 28.4 Å². The normalized spacial score (nSPS) is 10.5. The van der Waals surface area contributed by atoms with Crippen molar-refractivity contribution in [3.8, 4) is 0 Å². The predicted molar refractivity (Wildman–Crippen MR) is 57.3 cm³/mol. The molecule has 0 aromatic carbocycles. The van der Waals surface area contributed by atoms with Crippen LogP contribution in [0.1, 0.15) is 23.0 Å². The average Bonchev–Trinajstić information content (AvgIpc) is 2.47. The third kappa shape index (κ3) is 2.63. The molecule has 0 saturated carbocycles. The zero-order valence-corrected chi connectivity index (χ0v) is 9.09. The molecule has 1 aromatic rings. The number of aryl methyl sites for hydroxylation is 1. The first-order chi connectivity index (χ1) is 7.06. The van der Waals surface area contributed by atoms with E-state index in [1.807, 2.05) is 0 Å². The van der Waals surface area contributed by atoms with Crippen LogP contribution in [0.5, 0.6) is 0 Å². The van der Waals surface area contributed by atoms with Gasteiger partial charge in [0.15, 0.2) is 0 Å². The molecule has 80 valence electrons. The fourth-order valence-electron chi connectivity index (χ4n) is 1.01. The quantitative estimate of drug-likeness (QED) is 0.768. The summed E-state index contributed by atoms with van der Waals surface area (Å²) in [6.07, 6.45) is 2.89. The number of anilines is 1. The number of nitrogens with zero attached hydrogens (tertiary/aromatic N) is 1. The molecule has 1 rings (SSSR count). The monoisotopic (exact) mass is 226 g/mol. The second kappa shape index (κ2) is 4.70. The number of carboxylic acids is 1. The first-order valence-corrected chi connectivity index (χ1v) is 4.96. The topological polar surface area (TPSA) is 79.3 Å². The van der Waals surface area contributed by atoms with Crippen molar-refractivity contribution in [1.29, 1.82) is 0 Å². The maximum Gasteiger partial charge on any atom is 0.340 e. The largest absolute Gasteiger partial charge is 0.478 e. The van der Waals surface area contributed by atoms with Crippen LogP contribution in [0, 0.1) is 6.92 Å². The van der Waals surface area contributed by atoms with Gasteiger partial charge in [0.1, 0.15) is 10.6 Å². The van der Waals surface area contributed by atoms with E-state index in [2.05, 4.69) is 9.69 Å². The highest BCUT2D eigenvalue weighted by molar-refractivity contribution is 7.11. The highest BCUT2D eigenvalue weighted by atomic mass is 32.1. The van der Waals surface area contributed by atoms with Gasteiger partial charge in [-0.05, 0) is 31.5 Å². The van der Waals surface area contributed by atoms with Gasteiger partial charge in [-0.1, -0.05) is 6.08 Å². The molecule has 1 amide bonds. The summed E-state index contributed by atoms with van der Waals surface area (Å²) in [5.41, 5.74) is 0.459. The van der Waals surface area contributed by atoms with Crippen molar-refractivity contribution in [2.75, 3.05) is 5.32 Å². The number of allylic oxidation sites excluding steroid dienone is 1. The van der Waals surface area contributed by atoms with E-state index in [-0.39, 0.29) is 16.5 Å². The summed E-state index contributed by atoms with van der Waals surface area (Å²) < 4.78 is 3.87. The van der Waals surface area contributed by atoms with Crippen LogP contribution >= 0.6 is 11.5 Å². The summed E-state index contributed by atoms with van der Waals surface area (Å²) in [6, 6.07) is 0. The Morgan fingerprint density at radius 3 is 2.73 bits per heavy atom. The minimum Gasteiger partial charge on any atom is -0.478 e. The maximum atomic E-state index is 11.2. The number of amides is 1. The second-order valence-electron chi connectivity index (χ2n) is 2.77. The Morgan fingerprint density at radius 2 is 2.20 bits per heavy atom. The van der Waals surface area contributed by atoms with Gasteiger partial charge in [-0.25, -0.2) is 4.79 Å². The van der Waals surface area contributed by atoms with Gasteiger partial charge >= 0.3 is 5.97 Å². The minimum atomic E-state index is -1.09. The molecule has 0 atom stereocenters. The van der Waals surface area contributed by atoms with Crippen LogP contribution < -0.4 is 5.32 Å². The summed E-state index contributed by atoms with van der Waals surface area (Å²) in [4.78, 5) is 22.0. The first kappa shape index (κ1) is 11.4. The number of hydrogen-bond acceptors (Lipinski definition) is 4. The molecule has 0 aliphatic heterocycles. The van der Waals surface area contributed by atoms with E-state index in [0.29, 0.717) is 5.69 Å². The molecule has 1 heterocycles. The van der Waals surface area contributed by atoms with Crippen LogP contribution in [0.25, 0.3) is 0 Å². The van der Waals surface area contributed by atoms with E-state index in [4.69, 9.17) is 5.11 Å². The molecular formula is C9H10N2O3S. The van der Waals surface area contributed by atoms with E-state index in [9.17, 15) is 9.59 Å². The molecule has 0 aliphatic carbocycles. The molecule has 0 unspecified atom stereocenters. The lowest BCUT2D eigenvalue weighted by atomic mass is 10.2. The lowest BCUT2D eigenvalue weighted by Crippen LogP contribution is -2.10. The lowest BCUT2D eigenvalue weighted by molar-refractivity contribution is -0.111. The van der Waals surface area contributed by atoms with Gasteiger partial charge in [-0.15, -0.1) is 0 Å². The molecule has 0 bridgehead atoms. The van der Waals surface area contributed by atoms with Crippen molar-refractivity contribution in [1.82, 2.24) is 4.37 Å². The van der Waals surface area contributed by atoms with Crippen LogP contribution in [0.2, 0.25) is 0 Å². The van der Waals surface area contributed by atoms with Crippen molar-refractivity contribution in [2.45, 2.75) is 13.8 Å². The molecule has 6 heteroatoms. The minimum absolute atomic E-state index is 0.0536. The number of carbonyl (C=O) groups excluding carboxylic acids is 1. The predicted octanol–water partition coefficient (Wildman–Crippen LogP) is 1.66. The third-order valence-corrected chi connectivity index (χ3v) is 2.49. The number of hydrogen-bond donors (Lipinski definition) is 2. The zero-order chi connectivity index (χ0) is 11.4. The molecule has 15 heavy (non-hydrogen) atoms. The zero-order valence-electron chi connectivity index (χ0n) is 8.27. The van der Waals surface area contributed by atoms with Gasteiger partial charge in [0, 0.05) is 0 Å². The van der Waals surface area contributed by atoms with Crippen LogP contribution in [-0.4, -0.2) is 21.4 Å². The Labute approximate surface area is 90.6 Å². The van der Waals surface area contributed by atoms with E-state index < -0.39 is 5.97 Å². The Balaban J connectivity index is 2.95. The van der Waals surface area contributed by atoms with E-state index in [1.54, 1.807) is 19.9 Å².